The monoisotopic (exact) mass is 353 g/mol. The highest BCUT2D eigenvalue weighted by Crippen LogP contribution is 2.36. The van der Waals surface area contributed by atoms with Crippen LogP contribution in [0.25, 0.3) is 11.4 Å². The first-order chi connectivity index (χ1) is 12.7. The van der Waals surface area contributed by atoms with Gasteiger partial charge in [-0.3, -0.25) is 0 Å². The molecule has 1 aromatic heterocycles. The second kappa shape index (κ2) is 7.82. The number of aromatic nitrogens is 2. The first-order valence-electron chi connectivity index (χ1n) is 9.67. The molecule has 0 radical (unpaired) electrons. The minimum atomic E-state index is -0.446. The van der Waals surface area contributed by atoms with Crippen molar-refractivity contribution < 1.29 is 10.2 Å². The van der Waals surface area contributed by atoms with Crippen LogP contribution in [-0.2, 0) is 6.42 Å². The molecular formula is C21H27N3O2. The Balaban J connectivity index is 1.53. The Bertz CT molecular complexity index is 720. The van der Waals surface area contributed by atoms with Crippen molar-refractivity contribution in [3.8, 4) is 11.4 Å². The van der Waals surface area contributed by atoms with Crippen LogP contribution >= 0.6 is 0 Å². The van der Waals surface area contributed by atoms with Gasteiger partial charge in [0.1, 0.15) is 0 Å². The van der Waals surface area contributed by atoms with Crippen LogP contribution in [0.4, 0.5) is 0 Å². The Morgan fingerprint density at radius 3 is 2.58 bits per heavy atom. The van der Waals surface area contributed by atoms with Crippen molar-refractivity contribution in [2.24, 2.45) is 11.8 Å². The number of nitrogens with one attached hydrogen (secondary N) is 1. The molecule has 4 unspecified atom stereocenters. The van der Waals surface area contributed by atoms with E-state index in [4.69, 9.17) is 4.98 Å². The summed E-state index contributed by atoms with van der Waals surface area (Å²) in [4.78, 5) is 9.15. The van der Waals surface area contributed by atoms with Gasteiger partial charge in [-0.25, -0.2) is 9.97 Å². The van der Waals surface area contributed by atoms with Gasteiger partial charge >= 0.3 is 0 Å². The maximum atomic E-state index is 10.4. The summed E-state index contributed by atoms with van der Waals surface area (Å²) in [6, 6.07) is 12.7. The number of aliphatic hydroxyl groups is 2. The molecule has 0 saturated heterocycles. The molecule has 0 spiro atoms. The first kappa shape index (κ1) is 17.6. The summed E-state index contributed by atoms with van der Waals surface area (Å²) in [7, 11) is 0. The minimum Gasteiger partial charge on any atom is -0.396 e. The van der Waals surface area contributed by atoms with E-state index in [1.807, 2.05) is 36.4 Å². The molecule has 0 aliphatic heterocycles. The summed E-state index contributed by atoms with van der Waals surface area (Å²) in [5, 5.41) is 23.9. The van der Waals surface area contributed by atoms with Crippen molar-refractivity contribution in [2.75, 3.05) is 6.61 Å². The number of nitrogens with zero attached hydrogens (tertiary/aromatic N) is 2. The molecule has 5 nitrogen and oxygen atoms in total. The number of hydrogen-bond donors (Lipinski definition) is 3. The molecule has 1 aromatic carbocycles. The molecule has 0 amide bonds. The summed E-state index contributed by atoms with van der Waals surface area (Å²) < 4.78 is 0. The van der Waals surface area contributed by atoms with Gasteiger partial charge in [-0.2, -0.15) is 0 Å². The molecule has 2 saturated carbocycles. The van der Waals surface area contributed by atoms with Crippen molar-refractivity contribution in [3.63, 3.8) is 0 Å². The van der Waals surface area contributed by atoms with Gasteiger partial charge < -0.3 is 15.5 Å². The van der Waals surface area contributed by atoms with Crippen LogP contribution in [0.15, 0.2) is 42.6 Å². The lowest BCUT2D eigenvalue weighted by Gasteiger charge is -2.33. The molecule has 5 heteroatoms. The van der Waals surface area contributed by atoms with E-state index < -0.39 is 6.10 Å². The molecule has 26 heavy (non-hydrogen) atoms. The smallest absolute Gasteiger partial charge is 0.159 e. The van der Waals surface area contributed by atoms with Gasteiger partial charge in [0.25, 0.3) is 0 Å². The van der Waals surface area contributed by atoms with E-state index >= 15 is 0 Å². The predicted octanol–water partition coefficient (Wildman–Crippen LogP) is 2.19. The van der Waals surface area contributed by atoms with Crippen molar-refractivity contribution in [2.45, 2.75) is 50.3 Å². The third kappa shape index (κ3) is 3.65. The molecule has 2 aliphatic rings. The van der Waals surface area contributed by atoms with Crippen LogP contribution in [0, 0.1) is 11.8 Å². The Kier molecular flexibility index (Phi) is 5.29. The largest absolute Gasteiger partial charge is 0.396 e. The van der Waals surface area contributed by atoms with Crippen LogP contribution in [0.2, 0.25) is 0 Å². The fourth-order valence-corrected chi connectivity index (χ4v) is 4.29. The first-order valence-corrected chi connectivity index (χ1v) is 9.67. The maximum Gasteiger partial charge on any atom is 0.159 e. The van der Waals surface area contributed by atoms with Gasteiger partial charge in [0.05, 0.1) is 6.10 Å². The quantitative estimate of drug-likeness (QED) is 0.742. The SMILES string of the molecule is OCC1C(O)CC(NC2CCC2)C1Cc1ccnc(-c2ccccc2)n1. The van der Waals surface area contributed by atoms with Crippen molar-refractivity contribution in [3.05, 3.63) is 48.3 Å². The van der Waals surface area contributed by atoms with Gasteiger partial charge in [-0.15, -0.1) is 0 Å². The second-order valence-electron chi connectivity index (χ2n) is 7.66. The van der Waals surface area contributed by atoms with Gasteiger partial charge in [0, 0.05) is 42.1 Å². The Hall–Kier alpha value is -1.82. The fraction of sp³-hybridized carbons (Fsp3) is 0.524. The average molecular weight is 353 g/mol. The number of aliphatic hydroxyl groups excluding tert-OH is 2. The molecule has 3 N–H and O–H groups in total. The highest BCUT2D eigenvalue weighted by atomic mass is 16.3. The van der Waals surface area contributed by atoms with Crippen molar-refractivity contribution in [1.82, 2.24) is 15.3 Å². The van der Waals surface area contributed by atoms with Crippen LogP contribution in [0.3, 0.4) is 0 Å². The molecule has 0 bridgehead atoms. The summed E-state index contributed by atoms with van der Waals surface area (Å²) in [5.41, 5.74) is 1.97. The average Bonchev–Trinajstić information content (AvgIpc) is 2.93. The maximum absolute atomic E-state index is 10.4. The molecule has 4 rings (SSSR count). The standard InChI is InChI=1S/C21H27N3O2/c25-13-18-17(19(12-20(18)26)23-15-7-4-8-15)11-16-9-10-22-21(24-16)14-5-2-1-3-6-14/h1-3,5-6,9-10,15,17-20,23,25-26H,4,7-8,11-13H2. The van der Waals surface area contributed by atoms with Crippen molar-refractivity contribution >= 4 is 0 Å². The lowest BCUT2D eigenvalue weighted by molar-refractivity contribution is 0.0714. The third-order valence-corrected chi connectivity index (χ3v) is 6.01. The molecule has 138 valence electrons. The summed E-state index contributed by atoms with van der Waals surface area (Å²) in [5.74, 6) is 0.822. The zero-order chi connectivity index (χ0) is 17.9. The van der Waals surface area contributed by atoms with Crippen molar-refractivity contribution in [1.29, 1.82) is 0 Å². The topological polar surface area (TPSA) is 78.3 Å². The van der Waals surface area contributed by atoms with E-state index in [2.05, 4.69) is 10.3 Å². The van der Waals surface area contributed by atoms with E-state index in [1.165, 1.54) is 19.3 Å². The normalized spacial score (nSPS) is 28.8. The summed E-state index contributed by atoms with van der Waals surface area (Å²) in [6.45, 7) is 0.0192. The van der Waals surface area contributed by atoms with Crippen LogP contribution < -0.4 is 5.32 Å². The van der Waals surface area contributed by atoms with E-state index in [1.54, 1.807) is 6.20 Å². The fourth-order valence-electron chi connectivity index (χ4n) is 4.29. The molecule has 2 aromatic rings. The zero-order valence-electron chi connectivity index (χ0n) is 15.0. The third-order valence-electron chi connectivity index (χ3n) is 6.01. The Morgan fingerprint density at radius 1 is 1.08 bits per heavy atom. The molecular weight excluding hydrogens is 326 g/mol. The van der Waals surface area contributed by atoms with Gasteiger partial charge in [0.15, 0.2) is 5.82 Å². The Labute approximate surface area is 154 Å². The van der Waals surface area contributed by atoms with E-state index in [9.17, 15) is 10.2 Å². The summed E-state index contributed by atoms with van der Waals surface area (Å²) >= 11 is 0. The van der Waals surface area contributed by atoms with Gasteiger partial charge in [-0.1, -0.05) is 36.8 Å². The molecule has 4 atom stereocenters. The minimum absolute atomic E-state index is 0.0192. The second-order valence-corrected chi connectivity index (χ2v) is 7.66. The zero-order valence-corrected chi connectivity index (χ0v) is 15.0. The number of benzene rings is 1. The van der Waals surface area contributed by atoms with E-state index in [0.29, 0.717) is 12.5 Å². The highest BCUT2D eigenvalue weighted by molar-refractivity contribution is 5.54. The predicted molar refractivity (Wildman–Crippen MR) is 100 cm³/mol. The van der Waals surface area contributed by atoms with Crippen LogP contribution in [0.5, 0.6) is 0 Å². The Morgan fingerprint density at radius 2 is 1.88 bits per heavy atom. The lowest BCUT2D eigenvalue weighted by atomic mass is 9.86. The van der Waals surface area contributed by atoms with Gasteiger partial charge in [-0.05, 0) is 37.7 Å². The lowest BCUT2D eigenvalue weighted by Crippen LogP contribution is -2.45. The molecule has 2 aliphatic carbocycles. The summed E-state index contributed by atoms with van der Waals surface area (Å²) in [6.07, 6.45) is 6.53. The highest BCUT2D eigenvalue weighted by Gasteiger charge is 2.43. The number of hydrogen-bond acceptors (Lipinski definition) is 5. The van der Waals surface area contributed by atoms with Crippen LogP contribution in [0.1, 0.15) is 31.4 Å². The molecule has 1 heterocycles. The van der Waals surface area contributed by atoms with Crippen LogP contribution in [-0.4, -0.2) is 45.0 Å². The number of rotatable bonds is 6. The van der Waals surface area contributed by atoms with E-state index in [0.717, 1.165) is 23.5 Å². The van der Waals surface area contributed by atoms with Gasteiger partial charge in [0.2, 0.25) is 0 Å². The molecule has 2 fully saturated rings. The van der Waals surface area contributed by atoms with E-state index in [-0.39, 0.29) is 24.5 Å².